The third-order valence-corrected chi connectivity index (χ3v) is 4.01. The topological polar surface area (TPSA) is 75.6 Å². The number of hydrogen-bond acceptors (Lipinski definition) is 3. The van der Waals surface area contributed by atoms with Gasteiger partial charge in [0.25, 0.3) is 0 Å². The van der Waals surface area contributed by atoms with Crippen molar-refractivity contribution in [1.82, 2.24) is 5.32 Å². The molecule has 2 N–H and O–H groups in total. The molecule has 2 rings (SSSR count). The van der Waals surface area contributed by atoms with Gasteiger partial charge in [0.2, 0.25) is 5.91 Å². The van der Waals surface area contributed by atoms with E-state index in [0.717, 1.165) is 5.75 Å². The van der Waals surface area contributed by atoms with Crippen LogP contribution < -0.4 is 10.1 Å². The maximum absolute atomic E-state index is 12.0. The maximum Gasteiger partial charge on any atom is 0.307 e. The highest BCUT2D eigenvalue weighted by Crippen LogP contribution is 2.58. The van der Waals surface area contributed by atoms with Gasteiger partial charge in [-0.1, -0.05) is 32.0 Å². The molecule has 114 valence electrons. The van der Waals surface area contributed by atoms with Crippen LogP contribution in [0.4, 0.5) is 0 Å². The first-order chi connectivity index (χ1) is 9.94. The highest BCUT2D eigenvalue weighted by atomic mass is 16.5. The SMILES string of the molecule is CC1(C)[C@H](C(=O)O)[C@@H]1C(=O)NCCCOc1ccccc1. The monoisotopic (exact) mass is 291 g/mol. The van der Waals surface area contributed by atoms with E-state index in [-0.39, 0.29) is 5.91 Å². The molecule has 21 heavy (non-hydrogen) atoms. The van der Waals surface area contributed by atoms with Gasteiger partial charge < -0.3 is 15.2 Å². The zero-order valence-corrected chi connectivity index (χ0v) is 12.3. The van der Waals surface area contributed by atoms with E-state index in [2.05, 4.69) is 5.32 Å². The number of rotatable bonds is 7. The maximum atomic E-state index is 12.0. The van der Waals surface area contributed by atoms with Gasteiger partial charge in [0, 0.05) is 6.54 Å². The minimum atomic E-state index is -0.896. The van der Waals surface area contributed by atoms with Gasteiger partial charge in [-0.3, -0.25) is 9.59 Å². The Balaban J connectivity index is 1.66. The van der Waals surface area contributed by atoms with Crippen LogP contribution in [-0.4, -0.2) is 30.1 Å². The van der Waals surface area contributed by atoms with Crippen LogP contribution in [0.1, 0.15) is 20.3 Å². The molecular weight excluding hydrogens is 270 g/mol. The normalized spacial score (nSPS) is 22.4. The van der Waals surface area contributed by atoms with Gasteiger partial charge in [0.15, 0.2) is 0 Å². The van der Waals surface area contributed by atoms with Crippen LogP contribution in [0.5, 0.6) is 5.75 Å². The number of hydrogen-bond donors (Lipinski definition) is 2. The summed E-state index contributed by atoms with van der Waals surface area (Å²) in [5.74, 6) is -1.26. The van der Waals surface area contributed by atoms with Crippen LogP contribution in [0.3, 0.4) is 0 Å². The van der Waals surface area contributed by atoms with E-state index in [1.807, 2.05) is 44.2 Å². The summed E-state index contributed by atoms with van der Waals surface area (Å²) in [7, 11) is 0. The lowest BCUT2D eigenvalue weighted by Gasteiger charge is -2.07. The number of ether oxygens (including phenoxy) is 1. The average Bonchev–Trinajstić information content (AvgIpc) is 3.02. The van der Waals surface area contributed by atoms with E-state index in [4.69, 9.17) is 9.84 Å². The molecule has 1 amide bonds. The van der Waals surface area contributed by atoms with Crippen molar-refractivity contribution in [2.75, 3.05) is 13.2 Å². The summed E-state index contributed by atoms with van der Waals surface area (Å²) in [4.78, 5) is 23.0. The number of carboxylic acid groups (broad SMARTS) is 1. The number of aliphatic carboxylic acids is 1. The molecule has 0 unspecified atom stereocenters. The number of benzene rings is 1. The number of carboxylic acids is 1. The quantitative estimate of drug-likeness (QED) is 0.753. The number of nitrogens with one attached hydrogen (secondary N) is 1. The molecule has 1 aliphatic carbocycles. The summed E-state index contributed by atoms with van der Waals surface area (Å²) in [5.41, 5.74) is -0.448. The predicted octanol–water partition coefficient (Wildman–Crippen LogP) is 1.93. The molecule has 1 aromatic carbocycles. The van der Waals surface area contributed by atoms with E-state index in [1.54, 1.807) is 0 Å². The van der Waals surface area contributed by atoms with Gasteiger partial charge in [-0.15, -0.1) is 0 Å². The molecule has 0 aromatic heterocycles. The van der Waals surface area contributed by atoms with Crippen LogP contribution in [-0.2, 0) is 9.59 Å². The second-order valence-corrected chi connectivity index (χ2v) is 5.92. The Kier molecular flexibility index (Phi) is 4.50. The zero-order chi connectivity index (χ0) is 15.5. The lowest BCUT2D eigenvalue weighted by Crippen LogP contribution is -2.29. The lowest BCUT2D eigenvalue weighted by molar-refractivity contribution is -0.140. The van der Waals surface area contributed by atoms with Crippen molar-refractivity contribution < 1.29 is 19.4 Å². The van der Waals surface area contributed by atoms with Crippen molar-refractivity contribution in [3.8, 4) is 5.75 Å². The van der Waals surface area contributed by atoms with Gasteiger partial charge in [-0.05, 0) is 24.0 Å². The first-order valence-corrected chi connectivity index (χ1v) is 7.13. The van der Waals surface area contributed by atoms with Crippen molar-refractivity contribution >= 4 is 11.9 Å². The standard InChI is InChI=1S/C16H21NO4/c1-16(2)12(13(16)15(19)20)14(18)17-9-6-10-21-11-7-4-3-5-8-11/h3-5,7-8,12-13H,6,9-10H2,1-2H3,(H,17,18)(H,19,20)/t12-,13+/m1/s1. The summed E-state index contributed by atoms with van der Waals surface area (Å²) < 4.78 is 5.52. The largest absolute Gasteiger partial charge is 0.494 e. The first-order valence-electron chi connectivity index (χ1n) is 7.13. The Morgan fingerprint density at radius 1 is 1.24 bits per heavy atom. The molecule has 2 atom stereocenters. The smallest absolute Gasteiger partial charge is 0.307 e. The Morgan fingerprint density at radius 2 is 1.90 bits per heavy atom. The Bertz CT molecular complexity index is 512. The third-order valence-electron chi connectivity index (χ3n) is 4.01. The molecule has 1 aromatic rings. The van der Waals surface area contributed by atoms with E-state index in [1.165, 1.54) is 0 Å². The van der Waals surface area contributed by atoms with E-state index < -0.39 is 23.2 Å². The summed E-state index contributed by atoms with van der Waals surface area (Å²) in [6.07, 6.45) is 0.686. The van der Waals surface area contributed by atoms with Gasteiger partial charge in [0.1, 0.15) is 5.75 Å². The highest BCUT2D eigenvalue weighted by molar-refractivity contribution is 5.91. The van der Waals surface area contributed by atoms with Crippen molar-refractivity contribution in [1.29, 1.82) is 0 Å². The Morgan fingerprint density at radius 3 is 2.48 bits per heavy atom. The molecule has 0 radical (unpaired) electrons. The zero-order valence-electron chi connectivity index (χ0n) is 12.3. The summed E-state index contributed by atoms with van der Waals surface area (Å²) in [6, 6.07) is 9.48. The number of carbonyl (C=O) groups excluding carboxylic acids is 1. The molecule has 5 heteroatoms. The fraction of sp³-hybridized carbons (Fsp3) is 0.500. The van der Waals surface area contributed by atoms with Crippen LogP contribution >= 0.6 is 0 Å². The summed E-state index contributed by atoms with van der Waals surface area (Å²) in [6.45, 7) is 4.63. The molecule has 5 nitrogen and oxygen atoms in total. The minimum absolute atomic E-state index is 0.174. The number of amides is 1. The molecule has 0 aliphatic heterocycles. The first kappa shape index (κ1) is 15.4. The predicted molar refractivity (Wildman–Crippen MR) is 78.0 cm³/mol. The number of carbonyl (C=O) groups is 2. The third kappa shape index (κ3) is 3.54. The number of para-hydroxylation sites is 1. The van der Waals surface area contributed by atoms with Crippen molar-refractivity contribution in [3.05, 3.63) is 30.3 Å². The van der Waals surface area contributed by atoms with E-state index in [0.29, 0.717) is 19.6 Å². The van der Waals surface area contributed by atoms with Crippen molar-refractivity contribution in [3.63, 3.8) is 0 Å². The van der Waals surface area contributed by atoms with Gasteiger partial charge >= 0.3 is 5.97 Å². The van der Waals surface area contributed by atoms with Crippen molar-refractivity contribution in [2.45, 2.75) is 20.3 Å². The van der Waals surface area contributed by atoms with E-state index >= 15 is 0 Å². The van der Waals surface area contributed by atoms with Gasteiger partial charge in [-0.25, -0.2) is 0 Å². The Hall–Kier alpha value is -2.04. The fourth-order valence-corrected chi connectivity index (χ4v) is 2.69. The van der Waals surface area contributed by atoms with Crippen LogP contribution in [0, 0.1) is 17.3 Å². The van der Waals surface area contributed by atoms with Gasteiger partial charge in [0.05, 0.1) is 18.4 Å². The van der Waals surface area contributed by atoms with Crippen molar-refractivity contribution in [2.24, 2.45) is 17.3 Å². The molecule has 0 heterocycles. The molecule has 1 aliphatic rings. The summed E-state index contributed by atoms with van der Waals surface area (Å²) >= 11 is 0. The van der Waals surface area contributed by atoms with E-state index in [9.17, 15) is 9.59 Å². The molecule has 1 fully saturated rings. The lowest BCUT2D eigenvalue weighted by atomic mass is 10.1. The van der Waals surface area contributed by atoms with Gasteiger partial charge in [-0.2, -0.15) is 0 Å². The van der Waals surface area contributed by atoms with Crippen LogP contribution in [0.15, 0.2) is 30.3 Å². The summed E-state index contributed by atoms with van der Waals surface area (Å²) in [5, 5.41) is 11.8. The highest BCUT2D eigenvalue weighted by Gasteiger charge is 2.65. The molecule has 0 spiro atoms. The molecular formula is C16H21NO4. The van der Waals surface area contributed by atoms with Crippen LogP contribution in [0.2, 0.25) is 0 Å². The fourth-order valence-electron chi connectivity index (χ4n) is 2.69. The molecule has 0 saturated heterocycles. The van der Waals surface area contributed by atoms with Crippen LogP contribution in [0.25, 0.3) is 0 Å². The minimum Gasteiger partial charge on any atom is -0.494 e. The molecule has 0 bridgehead atoms. The molecule has 1 saturated carbocycles. The second kappa shape index (κ2) is 6.16. The second-order valence-electron chi connectivity index (χ2n) is 5.92. The average molecular weight is 291 g/mol. The Labute approximate surface area is 124 Å².